The molecule has 3 nitrogen and oxygen atoms in total. The van der Waals surface area contributed by atoms with Gasteiger partial charge < -0.3 is 0 Å². The molecule has 0 saturated carbocycles. The number of amides is 1. The molecule has 0 aliphatic rings. The van der Waals surface area contributed by atoms with E-state index in [0.29, 0.717) is 10.6 Å². The Morgan fingerprint density at radius 1 is 1.14 bits per heavy atom. The zero-order chi connectivity index (χ0) is 15.8. The van der Waals surface area contributed by atoms with Crippen LogP contribution in [0.4, 0.5) is 0 Å². The van der Waals surface area contributed by atoms with Gasteiger partial charge in [-0.1, -0.05) is 54.9 Å². The number of benzene rings is 2. The fourth-order valence-corrected chi connectivity index (χ4v) is 1.91. The van der Waals surface area contributed by atoms with E-state index < -0.39 is 0 Å². The van der Waals surface area contributed by atoms with Gasteiger partial charge in [0.2, 0.25) is 0 Å². The fraction of sp³-hybridized carbons (Fsp3) is 0.111. The summed E-state index contributed by atoms with van der Waals surface area (Å²) in [6.45, 7) is 1.99. The highest BCUT2D eigenvalue weighted by Gasteiger charge is 2.03. The minimum Gasteiger partial charge on any atom is -0.267 e. The molecule has 0 aromatic heterocycles. The van der Waals surface area contributed by atoms with Crippen LogP contribution in [0, 0.1) is 0 Å². The molecular formula is C18H17ClN2O. The topological polar surface area (TPSA) is 41.5 Å². The van der Waals surface area contributed by atoms with Gasteiger partial charge in [0, 0.05) is 10.6 Å². The van der Waals surface area contributed by atoms with Crippen molar-refractivity contribution in [3.05, 3.63) is 76.8 Å². The molecular weight excluding hydrogens is 296 g/mol. The zero-order valence-electron chi connectivity index (χ0n) is 12.3. The number of rotatable bonds is 5. The van der Waals surface area contributed by atoms with E-state index in [9.17, 15) is 4.79 Å². The lowest BCUT2D eigenvalue weighted by molar-refractivity contribution is 0.0955. The van der Waals surface area contributed by atoms with Crippen LogP contribution in [0.1, 0.15) is 29.3 Å². The molecule has 4 heteroatoms. The van der Waals surface area contributed by atoms with Gasteiger partial charge in [-0.05, 0) is 42.3 Å². The van der Waals surface area contributed by atoms with Crippen LogP contribution in [0.2, 0.25) is 5.02 Å². The third-order valence-electron chi connectivity index (χ3n) is 3.04. The van der Waals surface area contributed by atoms with Crippen LogP contribution in [-0.4, -0.2) is 11.6 Å². The number of hydrazone groups is 1. The highest BCUT2D eigenvalue weighted by molar-refractivity contribution is 6.30. The van der Waals surface area contributed by atoms with Gasteiger partial charge in [0.25, 0.3) is 5.91 Å². The van der Waals surface area contributed by atoms with Gasteiger partial charge in [0.15, 0.2) is 0 Å². The highest BCUT2D eigenvalue weighted by atomic mass is 35.5. The lowest BCUT2D eigenvalue weighted by Crippen LogP contribution is -2.19. The molecule has 1 amide bonds. The molecule has 2 aromatic carbocycles. The van der Waals surface area contributed by atoms with Crippen LogP contribution < -0.4 is 5.43 Å². The first-order valence-corrected chi connectivity index (χ1v) is 7.42. The van der Waals surface area contributed by atoms with E-state index >= 15 is 0 Å². The predicted molar refractivity (Wildman–Crippen MR) is 92.1 cm³/mol. The summed E-state index contributed by atoms with van der Waals surface area (Å²) in [5, 5.41) is 4.75. The third kappa shape index (κ3) is 4.86. The van der Waals surface area contributed by atoms with Gasteiger partial charge in [-0.3, -0.25) is 4.79 Å². The summed E-state index contributed by atoms with van der Waals surface area (Å²) in [6.07, 6.45) is 4.60. The molecule has 2 aromatic rings. The van der Waals surface area contributed by atoms with Crippen LogP contribution in [0.25, 0.3) is 6.08 Å². The number of hydrogen-bond acceptors (Lipinski definition) is 2. The second-order valence-electron chi connectivity index (χ2n) is 4.65. The van der Waals surface area contributed by atoms with Crippen LogP contribution in [0.3, 0.4) is 0 Å². The Kier molecular flexibility index (Phi) is 5.92. The molecule has 0 fully saturated rings. The SMILES string of the molecule is CCC(C=Cc1ccccc1)=NNC(=O)c1ccc(Cl)cc1. The Bertz CT molecular complexity index is 676. The standard InChI is InChI=1S/C18H17ClN2O/c1-2-17(13-8-14-6-4-3-5-7-14)20-21-18(22)15-9-11-16(19)12-10-15/h3-13H,2H2,1H3,(H,21,22). The maximum atomic E-state index is 12.0. The molecule has 0 saturated heterocycles. The van der Waals surface area contributed by atoms with E-state index in [0.717, 1.165) is 17.7 Å². The van der Waals surface area contributed by atoms with Crippen LogP contribution in [-0.2, 0) is 0 Å². The highest BCUT2D eigenvalue weighted by Crippen LogP contribution is 2.09. The van der Waals surface area contributed by atoms with E-state index in [1.165, 1.54) is 0 Å². The molecule has 0 unspecified atom stereocenters. The number of carbonyl (C=O) groups is 1. The first-order chi connectivity index (χ1) is 10.7. The molecule has 1 N–H and O–H groups in total. The Balaban J connectivity index is 2.01. The third-order valence-corrected chi connectivity index (χ3v) is 3.29. The normalized spacial score (nSPS) is 11.6. The quantitative estimate of drug-likeness (QED) is 0.638. The van der Waals surface area contributed by atoms with Crippen molar-refractivity contribution in [2.45, 2.75) is 13.3 Å². The summed E-state index contributed by atoms with van der Waals surface area (Å²) < 4.78 is 0. The Hall–Kier alpha value is -2.39. The second kappa shape index (κ2) is 8.15. The van der Waals surface area contributed by atoms with Gasteiger partial charge in [-0.25, -0.2) is 5.43 Å². The Labute approximate surface area is 135 Å². The monoisotopic (exact) mass is 312 g/mol. The summed E-state index contributed by atoms with van der Waals surface area (Å²) in [5.41, 5.74) is 4.97. The van der Waals surface area contributed by atoms with Gasteiger partial charge in [0.05, 0.1) is 5.71 Å². The number of hydrogen-bond donors (Lipinski definition) is 1. The molecule has 0 heterocycles. The van der Waals surface area contributed by atoms with Crippen LogP contribution in [0.15, 0.2) is 65.8 Å². The Morgan fingerprint density at radius 2 is 1.82 bits per heavy atom. The average Bonchev–Trinajstić information content (AvgIpc) is 2.56. The molecule has 112 valence electrons. The lowest BCUT2D eigenvalue weighted by Gasteiger charge is -2.02. The van der Waals surface area contributed by atoms with Gasteiger partial charge >= 0.3 is 0 Å². The van der Waals surface area contributed by atoms with E-state index in [4.69, 9.17) is 11.6 Å². The van der Waals surface area contributed by atoms with E-state index in [-0.39, 0.29) is 5.91 Å². The van der Waals surface area contributed by atoms with Crippen LogP contribution >= 0.6 is 11.6 Å². The number of nitrogens with zero attached hydrogens (tertiary/aromatic N) is 1. The molecule has 0 aliphatic carbocycles. The summed E-state index contributed by atoms with van der Waals surface area (Å²) in [6, 6.07) is 16.6. The van der Waals surface area contributed by atoms with Crippen molar-refractivity contribution >= 4 is 29.3 Å². The van der Waals surface area contributed by atoms with Gasteiger partial charge in [-0.2, -0.15) is 5.10 Å². The van der Waals surface area contributed by atoms with E-state index in [2.05, 4.69) is 10.5 Å². The predicted octanol–water partition coefficient (Wildman–Crippen LogP) is 4.55. The number of allylic oxidation sites excluding steroid dienone is 1. The van der Waals surface area contributed by atoms with Crippen molar-refractivity contribution in [1.82, 2.24) is 5.43 Å². The van der Waals surface area contributed by atoms with E-state index in [1.807, 2.05) is 49.4 Å². The number of carbonyl (C=O) groups excluding carboxylic acids is 1. The number of halogens is 1. The molecule has 0 radical (unpaired) electrons. The molecule has 0 spiro atoms. The second-order valence-corrected chi connectivity index (χ2v) is 5.08. The molecule has 2 rings (SSSR count). The molecule has 0 aliphatic heterocycles. The smallest absolute Gasteiger partial charge is 0.267 e. The van der Waals surface area contributed by atoms with Gasteiger partial charge in [0.1, 0.15) is 0 Å². The largest absolute Gasteiger partial charge is 0.271 e. The average molecular weight is 313 g/mol. The van der Waals surface area contributed by atoms with Crippen molar-refractivity contribution in [3.8, 4) is 0 Å². The summed E-state index contributed by atoms with van der Waals surface area (Å²) in [4.78, 5) is 12.0. The maximum Gasteiger partial charge on any atom is 0.271 e. The van der Waals surface area contributed by atoms with E-state index in [1.54, 1.807) is 24.3 Å². The summed E-state index contributed by atoms with van der Waals surface area (Å²) >= 11 is 5.80. The van der Waals surface area contributed by atoms with Crippen LogP contribution in [0.5, 0.6) is 0 Å². The fourth-order valence-electron chi connectivity index (χ4n) is 1.78. The number of nitrogens with one attached hydrogen (secondary N) is 1. The maximum absolute atomic E-state index is 12.0. The van der Waals surface area contributed by atoms with Crippen molar-refractivity contribution in [2.75, 3.05) is 0 Å². The molecule has 0 bridgehead atoms. The molecule has 22 heavy (non-hydrogen) atoms. The summed E-state index contributed by atoms with van der Waals surface area (Å²) in [5.74, 6) is -0.254. The first kappa shape index (κ1) is 16.0. The van der Waals surface area contributed by atoms with Crippen molar-refractivity contribution < 1.29 is 4.79 Å². The minimum atomic E-state index is -0.254. The minimum absolute atomic E-state index is 0.254. The molecule has 0 atom stereocenters. The van der Waals surface area contributed by atoms with Crippen molar-refractivity contribution in [1.29, 1.82) is 0 Å². The lowest BCUT2D eigenvalue weighted by atomic mass is 10.2. The van der Waals surface area contributed by atoms with Crippen molar-refractivity contribution in [2.24, 2.45) is 5.10 Å². The zero-order valence-corrected chi connectivity index (χ0v) is 13.0. The summed E-state index contributed by atoms with van der Waals surface area (Å²) in [7, 11) is 0. The Morgan fingerprint density at radius 3 is 2.45 bits per heavy atom. The first-order valence-electron chi connectivity index (χ1n) is 7.04. The van der Waals surface area contributed by atoms with Gasteiger partial charge in [-0.15, -0.1) is 0 Å². The van der Waals surface area contributed by atoms with Crippen molar-refractivity contribution in [3.63, 3.8) is 0 Å².